The van der Waals surface area contributed by atoms with Crippen LogP contribution in [0.3, 0.4) is 0 Å². The molecule has 0 aromatic heterocycles. The van der Waals surface area contributed by atoms with E-state index in [9.17, 15) is 14.4 Å². The lowest BCUT2D eigenvalue weighted by Crippen LogP contribution is -2.39. The molecule has 0 unspecified atom stereocenters. The number of amides is 2. The van der Waals surface area contributed by atoms with Crippen molar-refractivity contribution in [2.24, 2.45) is 0 Å². The highest BCUT2D eigenvalue weighted by Crippen LogP contribution is 2.40. The SMILES string of the molecule is CCOC(=O)CN(C(=O)OCC)c1cc(Cl)c(Oc2ccc(OC)c(C(=O)NC3CCC3)c2)c(Cl)c1. The van der Waals surface area contributed by atoms with Crippen molar-refractivity contribution in [3.63, 3.8) is 0 Å². The Morgan fingerprint density at radius 2 is 1.69 bits per heavy atom. The maximum absolute atomic E-state index is 12.8. The summed E-state index contributed by atoms with van der Waals surface area (Å²) in [6.45, 7) is 3.18. The van der Waals surface area contributed by atoms with E-state index in [0.717, 1.165) is 24.2 Å². The van der Waals surface area contributed by atoms with E-state index < -0.39 is 18.6 Å². The third kappa shape index (κ3) is 6.73. The number of ether oxygens (including phenoxy) is 4. The average molecular weight is 539 g/mol. The summed E-state index contributed by atoms with van der Waals surface area (Å²) >= 11 is 12.9. The van der Waals surface area contributed by atoms with Crippen molar-refractivity contribution in [3.8, 4) is 17.2 Å². The summed E-state index contributed by atoms with van der Waals surface area (Å²) in [4.78, 5) is 38.3. The topological polar surface area (TPSA) is 103 Å². The minimum Gasteiger partial charge on any atom is -0.496 e. The molecule has 0 radical (unpaired) electrons. The zero-order valence-corrected chi connectivity index (χ0v) is 21.8. The number of nitrogens with zero attached hydrogens (tertiary/aromatic N) is 1. The molecule has 11 heteroatoms. The lowest BCUT2D eigenvalue weighted by molar-refractivity contribution is -0.141. The number of halogens is 2. The average Bonchev–Trinajstić information content (AvgIpc) is 2.82. The van der Waals surface area contributed by atoms with Crippen LogP contribution in [0.1, 0.15) is 43.5 Å². The fraction of sp³-hybridized carbons (Fsp3) is 0.400. The molecule has 1 aliphatic rings. The lowest BCUT2D eigenvalue weighted by Gasteiger charge is -2.26. The molecule has 3 rings (SSSR count). The third-order valence-electron chi connectivity index (χ3n) is 5.45. The summed E-state index contributed by atoms with van der Waals surface area (Å²) < 4.78 is 21.2. The van der Waals surface area contributed by atoms with E-state index in [-0.39, 0.29) is 46.6 Å². The van der Waals surface area contributed by atoms with Crippen molar-refractivity contribution in [3.05, 3.63) is 45.9 Å². The molecular weight excluding hydrogens is 511 g/mol. The lowest BCUT2D eigenvalue weighted by atomic mass is 9.93. The van der Waals surface area contributed by atoms with Crippen molar-refractivity contribution in [2.45, 2.75) is 39.2 Å². The molecule has 2 aromatic carbocycles. The van der Waals surface area contributed by atoms with Gasteiger partial charge >= 0.3 is 12.1 Å². The van der Waals surface area contributed by atoms with Gasteiger partial charge in [0.25, 0.3) is 5.91 Å². The second-order valence-corrected chi connectivity index (χ2v) is 8.71. The smallest absolute Gasteiger partial charge is 0.414 e. The minimum atomic E-state index is -0.761. The third-order valence-corrected chi connectivity index (χ3v) is 6.01. The van der Waals surface area contributed by atoms with Gasteiger partial charge in [-0.1, -0.05) is 23.2 Å². The summed E-state index contributed by atoms with van der Waals surface area (Å²) in [5.41, 5.74) is 0.535. The monoisotopic (exact) mass is 538 g/mol. The van der Waals surface area contributed by atoms with Crippen molar-refractivity contribution >= 4 is 46.9 Å². The predicted molar refractivity (Wildman–Crippen MR) is 136 cm³/mol. The summed E-state index contributed by atoms with van der Waals surface area (Å²) in [7, 11) is 1.48. The summed E-state index contributed by atoms with van der Waals surface area (Å²) in [6.07, 6.45) is 2.22. The minimum absolute atomic E-state index is 0.0759. The number of esters is 1. The van der Waals surface area contributed by atoms with E-state index in [1.165, 1.54) is 19.2 Å². The van der Waals surface area contributed by atoms with Gasteiger partial charge in [0, 0.05) is 6.04 Å². The second-order valence-electron chi connectivity index (χ2n) is 7.89. The maximum atomic E-state index is 12.8. The van der Waals surface area contributed by atoms with Crippen LogP contribution in [0.15, 0.2) is 30.3 Å². The number of benzene rings is 2. The number of hydrogen-bond acceptors (Lipinski definition) is 7. The van der Waals surface area contributed by atoms with Gasteiger partial charge in [0.1, 0.15) is 18.0 Å². The number of carbonyl (C=O) groups is 3. The van der Waals surface area contributed by atoms with Crippen molar-refractivity contribution in [1.29, 1.82) is 0 Å². The van der Waals surface area contributed by atoms with Crippen LogP contribution in [0.5, 0.6) is 17.2 Å². The zero-order valence-electron chi connectivity index (χ0n) is 20.3. The van der Waals surface area contributed by atoms with E-state index >= 15 is 0 Å². The van der Waals surface area contributed by atoms with E-state index in [2.05, 4.69) is 5.32 Å². The Morgan fingerprint density at radius 3 is 2.25 bits per heavy atom. The molecule has 1 aliphatic carbocycles. The van der Waals surface area contributed by atoms with Crippen LogP contribution in [0.2, 0.25) is 10.0 Å². The van der Waals surface area contributed by atoms with E-state index in [4.69, 9.17) is 42.1 Å². The molecule has 194 valence electrons. The number of nitrogens with one attached hydrogen (secondary N) is 1. The Bertz CT molecular complexity index is 1100. The number of anilines is 1. The van der Waals surface area contributed by atoms with Gasteiger partial charge in [0.05, 0.1) is 41.6 Å². The number of carbonyl (C=O) groups excluding carboxylic acids is 3. The van der Waals surface area contributed by atoms with Crippen LogP contribution in [0.4, 0.5) is 10.5 Å². The number of hydrogen-bond donors (Lipinski definition) is 1. The quantitative estimate of drug-likeness (QED) is 0.392. The van der Waals surface area contributed by atoms with E-state index in [0.29, 0.717) is 17.1 Å². The molecule has 0 aliphatic heterocycles. The van der Waals surface area contributed by atoms with Crippen LogP contribution >= 0.6 is 23.2 Å². The highest BCUT2D eigenvalue weighted by Gasteiger charge is 2.25. The molecule has 0 saturated heterocycles. The van der Waals surface area contributed by atoms with Crippen molar-refractivity contribution in [1.82, 2.24) is 5.32 Å². The van der Waals surface area contributed by atoms with Gasteiger partial charge in [0.2, 0.25) is 0 Å². The van der Waals surface area contributed by atoms with Gasteiger partial charge in [-0.2, -0.15) is 0 Å². The van der Waals surface area contributed by atoms with Crippen LogP contribution in [-0.2, 0) is 14.3 Å². The van der Waals surface area contributed by atoms with E-state index in [1.54, 1.807) is 32.0 Å². The summed E-state index contributed by atoms with van der Waals surface area (Å²) in [5, 5.41) is 3.12. The Labute approximate surface area is 219 Å². The number of rotatable bonds is 10. The Morgan fingerprint density at radius 1 is 1.03 bits per heavy atom. The van der Waals surface area contributed by atoms with Crippen LogP contribution < -0.4 is 19.7 Å². The molecule has 36 heavy (non-hydrogen) atoms. The first-order valence-electron chi connectivity index (χ1n) is 11.5. The molecule has 1 N–H and O–H groups in total. The molecule has 0 atom stereocenters. The predicted octanol–water partition coefficient (Wildman–Crippen LogP) is 5.60. The van der Waals surface area contributed by atoms with Gasteiger partial charge in [-0.25, -0.2) is 4.79 Å². The fourth-order valence-corrected chi connectivity index (χ4v) is 4.01. The zero-order chi connectivity index (χ0) is 26.2. The Balaban J connectivity index is 1.87. The first-order chi connectivity index (χ1) is 17.3. The highest BCUT2D eigenvalue weighted by atomic mass is 35.5. The van der Waals surface area contributed by atoms with E-state index in [1.807, 2.05) is 0 Å². The molecule has 2 amide bonds. The van der Waals surface area contributed by atoms with Crippen molar-refractivity contribution < 1.29 is 33.3 Å². The second kappa shape index (κ2) is 12.7. The summed E-state index contributed by atoms with van der Waals surface area (Å²) in [5.74, 6) is -0.0733. The molecule has 0 bridgehead atoms. The molecule has 0 heterocycles. The van der Waals surface area contributed by atoms with Crippen LogP contribution in [0, 0.1) is 0 Å². The van der Waals surface area contributed by atoms with Gasteiger partial charge in [0.15, 0.2) is 5.75 Å². The van der Waals surface area contributed by atoms with Crippen LogP contribution in [0.25, 0.3) is 0 Å². The molecule has 2 aromatic rings. The molecular formula is C25H28Cl2N2O7. The molecule has 1 saturated carbocycles. The van der Waals surface area contributed by atoms with Gasteiger partial charge in [-0.3, -0.25) is 14.5 Å². The summed E-state index contributed by atoms with van der Waals surface area (Å²) in [6, 6.07) is 7.77. The fourth-order valence-electron chi connectivity index (χ4n) is 3.46. The van der Waals surface area contributed by atoms with Gasteiger partial charge in [-0.15, -0.1) is 0 Å². The highest BCUT2D eigenvalue weighted by molar-refractivity contribution is 6.37. The van der Waals surface area contributed by atoms with Gasteiger partial charge < -0.3 is 24.3 Å². The number of methoxy groups -OCH3 is 1. The Hall–Kier alpha value is -3.17. The maximum Gasteiger partial charge on any atom is 0.414 e. The molecule has 9 nitrogen and oxygen atoms in total. The van der Waals surface area contributed by atoms with Gasteiger partial charge in [-0.05, 0) is 63.4 Å². The first-order valence-corrected chi connectivity index (χ1v) is 12.3. The first kappa shape index (κ1) is 27.4. The van der Waals surface area contributed by atoms with Crippen LogP contribution in [-0.4, -0.2) is 50.9 Å². The normalized spacial score (nSPS) is 12.8. The van der Waals surface area contributed by atoms with Crippen molar-refractivity contribution in [2.75, 3.05) is 31.8 Å². The largest absolute Gasteiger partial charge is 0.496 e. The standard InChI is InChI=1S/C25H28Cl2N2O7/c1-4-34-22(30)14-29(25(32)35-5-2)16-11-19(26)23(20(27)12-16)36-17-9-10-21(33-3)18(13-17)24(31)28-15-7-6-8-15/h9-13,15H,4-8,14H2,1-3H3,(H,28,31). The molecule has 0 spiro atoms. The Kier molecular flexibility index (Phi) is 9.66. The molecule has 1 fully saturated rings.